The van der Waals surface area contributed by atoms with E-state index in [1.54, 1.807) is 0 Å². The molecule has 1 fully saturated rings. The Kier molecular flexibility index (Phi) is 3.68. The van der Waals surface area contributed by atoms with Gasteiger partial charge < -0.3 is 11.1 Å². The summed E-state index contributed by atoms with van der Waals surface area (Å²) in [7, 11) is 0. The number of hydrogen-bond donors (Lipinski definition) is 2. The minimum absolute atomic E-state index is 0.0962. The maximum atomic E-state index is 12.0. The van der Waals surface area contributed by atoms with Crippen LogP contribution in [-0.2, 0) is 4.79 Å². The van der Waals surface area contributed by atoms with Gasteiger partial charge in [0.05, 0.1) is 0 Å². The van der Waals surface area contributed by atoms with E-state index in [-0.39, 0.29) is 28.7 Å². The van der Waals surface area contributed by atoms with Crippen molar-refractivity contribution in [3.63, 3.8) is 0 Å². The van der Waals surface area contributed by atoms with Crippen molar-refractivity contribution < 1.29 is 4.79 Å². The molecule has 1 atom stereocenters. The van der Waals surface area contributed by atoms with E-state index < -0.39 is 0 Å². The highest BCUT2D eigenvalue weighted by Crippen LogP contribution is 2.68. The van der Waals surface area contributed by atoms with Crippen molar-refractivity contribution in [3.8, 4) is 0 Å². The van der Waals surface area contributed by atoms with Gasteiger partial charge in [-0.2, -0.15) is 0 Å². The lowest BCUT2D eigenvalue weighted by Gasteiger charge is -2.12. The van der Waals surface area contributed by atoms with Crippen LogP contribution in [0.3, 0.4) is 0 Å². The first-order valence-corrected chi connectivity index (χ1v) is 6.28. The molecule has 0 spiro atoms. The average molecular weight is 226 g/mol. The zero-order chi connectivity index (χ0) is 12.6. The van der Waals surface area contributed by atoms with E-state index in [9.17, 15) is 4.79 Å². The zero-order valence-electron chi connectivity index (χ0n) is 11.3. The van der Waals surface area contributed by atoms with Crippen molar-refractivity contribution in [2.75, 3.05) is 6.54 Å². The second-order valence-electron chi connectivity index (χ2n) is 6.17. The van der Waals surface area contributed by atoms with Crippen LogP contribution in [0.15, 0.2) is 0 Å². The minimum Gasteiger partial charge on any atom is -0.354 e. The molecule has 1 rings (SSSR count). The fourth-order valence-corrected chi connectivity index (χ4v) is 2.66. The first-order chi connectivity index (χ1) is 7.25. The van der Waals surface area contributed by atoms with Gasteiger partial charge in [0, 0.05) is 18.5 Å². The van der Waals surface area contributed by atoms with Crippen LogP contribution in [0, 0.1) is 16.7 Å². The second-order valence-corrected chi connectivity index (χ2v) is 6.17. The number of nitrogens with two attached hydrogens (primary N) is 1. The Morgan fingerprint density at radius 3 is 2.19 bits per heavy atom. The molecule has 0 saturated heterocycles. The molecule has 94 valence electrons. The maximum absolute atomic E-state index is 12.0. The Bertz CT molecular complexity index is 257. The Hall–Kier alpha value is -0.570. The summed E-state index contributed by atoms with van der Waals surface area (Å²) in [6.45, 7) is 11.3. The normalized spacial score (nSPS) is 23.9. The molecule has 0 radical (unpaired) electrons. The summed E-state index contributed by atoms with van der Waals surface area (Å²) in [5, 5.41) is 2.98. The molecule has 1 aliphatic carbocycles. The van der Waals surface area contributed by atoms with Gasteiger partial charge in [-0.25, -0.2) is 0 Å². The Morgan fingerprint density at radius 2 is 1.81 bits per heavy atom. The summed E-state index contributed by atoms with van der Waals surface area (Å²) in [6, 6.07) is 0.0962. The van der Waals surface area contributed by atoms with Crippen molar-refractivity contribution in [1.82, 2.24) is 5.32 Å². The average Bonchev–Trinajstić information content (AvgIpc) is 2.54. The highest BCUT2D eigenvalue weighted by molar-refractivity contribution is 5.84. The molecule has 0 heterocycles. The Balaban J connectivity index is 2.39. The third-order valence-corrected chi connectivity index (χ3v) is 4.48. The van der Waals surface area contributed by atoms with Crippen molar-refractivity contribution in [2.45, 2.75) is 53.5 Å². The van der Waals surface area contributed by atoms with E-state index in [2.05, 4.69) is 39.9 Å². The van der Waals surface area contributed by atoms with Crippen LogP contribution >= 0.6 is 0 Å². The van der Waals surface area contributed by atoms with Gasteiger partial charge in [-0.3, -0.25) is 4.79 Å². The third kappa shape index (κ3) is 2.24. The van der Waals surface area contributed by atoms with Crippen molar-refractivity contribution in [1.29, 1.82) is 0 Å². The largest absolute Gasteiger partial charge is 0.354 e. The number of amides is 1. The summed E-state index contributed by atoms with van der Waals surface area (Å²) in [6.07, 6.45) is 2.04. The predicted octanol–water partition coefficient (Wildman–Crippen LogP) is 1.91. The number of nitrogens with one attached hydrogen (secondary N) is 1. The molecule has 3 N–H and O–H groups in total. The number of carbonyl (C=O) groups excluding carboxylic acids is 1. The Morgan fingerprint density at radius 1 is 1.31 bits per heavy atom. The Labute approximate surface area is 99.2 Å². The van der Waals surface area contributed by atoms with Crippen molar-refractivity contribution in [3.05, 3.63) is 0 Å². The van der Waals surface area contributed by atoms with Crippen LogP contribution in [0.2, 0.25) is 0 Å². The lowest BCUT2D eigenvalue weighted by molar-refractivity contribution is -0.123. The van der Waals surface area contributed by atoms with Crippen LogP contribution < -0.4 is 11.1 Å². The van der Waals surface area contributed by atoms with Gasteiger partial charge in [0.2, 0.25) is 5.91 Å². The quantitative estimate of drug-likeness (QED) is 0.752. The molecule has 1 unspecified atom stereocenters. The summed E-state index contributed by atoms with van der Waals surface area (Å²) < 4.78 is 0. The number of rotatable bonds is 5. The van der Waals surface area contributed by atoms with E-state index in [0.29, 0.717) is 6.54 Å². The first-order valence-electron chi connectivity index (χ1n) is 6.28. The van der Waals surface area contributed by atoms with Crippen LogP contribution in [0.5, 0.6) is 0 Å². The summed E-state index contributed by atoms with van der Waals surface area (Å²) in [5.74, 6) is 0.301. The van der Waals surface area contributed by atoms with Crippen LogP contribution in [0.4, 0.5) is 0 Å². The molecule has 0 aromatic heterocycles. The number of carbonyl (C=O) groups is 1. The zero-order valence-corrected chi connectivity index (χ0v) is 11.3. The number of hydrogen-bond acceptors (Lipinski definition) is 2. The molecule has 16 heavy (non-hydrogen) atoms. The predicted molar refractivity (Wildman–Crippen MR) is 66.9 cm³/mol. The van der Waals surface area contributed by atoms with E-state index in [1.165, 1.54) is 0 Å². The molecule has 1 saturated carbocycles. The van der Waals surface area contributed by atoms with E-state index in [0.717, 1.165) is 12.8 Å². The molecular formula is C13H26N2O. The van der Waals surface area contributed by atoms with Gasteiger partial charge in [-0.05, 0) is 17.3 Å². The molecule has 0 bridgehead atoms. The van der Waals surface area contributed by atoms with Gasteiger partial charge in [-0.15, -0.1) is 0 Å². The van der Waals surface area contributed by atoms with Gasteiger partial charge >= 0.3 is 0 Å². The summed E-state index contributed by atoms with van der Waals surface area (Å²) >= 11 is 0. The lowest BCUT2D eigenvalue weighted by Crippen LogP contribution is -2.38. The smallest absolute Gasteiger partial charge is 0.224 e. The molecule has 1 aliphatic rings. The van der Waals surface area contributed by atoms with Gasteiger partial charge in [0.1, 0.15) is 0 Å². The summed E-state index contributed by atoms with van der Waals surface area (Å²) in [5.41, 5.74) is 6.11. The van der Waals surface area contributed by atoms with E-state index in [4.69, 9.17) is 5.73 Å². The highest BCUT2D eigenvalue weighted by Gasteiger charge is 2.68. The highest BCUT2D eigenvalue weighted by atomic mass is 16.2. The molecule has 3 heteroatoms. The van der Waals surface area contributed by atoms with Gasteiger partial charge in [-0.1, -0.05) is 41.0 Å². The molecule has 3 nitrogen and oxygen atoms in total. The molecule has 0 aromatic rings. The molecule has 0 aromatic carbocycles. The third-order valence-electron chi connectivity index (χ3n) is 4.48. The molecule has 0 aliphatic heterocycles. The standard InChI is InChI=1S/C13H26N2O/c1-6-7-9(14)8-15-11(16)10-12(2,3)13(10,4)5/h9-10H,6-8,14H2,1-5H3,(H,15,16). The fraction of sp³-hybridized carbons (Fsp3) is 0.923. The first kappa shape index (κ1) is 13.5. The van der Waals surface area contributed by atoms with E-state index in [1.807, 2.05) is 0 Å². The maximum Gasteiger partial charge on any atom is 0.224 e. The SMILES string of the molecule is CCCC(N)CNC(=O)C1C(C)(C)C1(C)C. The van der Waals surface area contributed by atoms with Crippen LogP contribution in [0.1, 0.15) is 47.5 Å². The summed E-state index contributed by atoms with van der Waals surface area (Å²) in [4.78, 5) is 12.0. The van der Waals surface area contributed by atoms with Crippen LogP contribution in [0.25, 0.3) is 0 Å². The van der Waals surface area contributed by atoms with Crippen LogP contribution in [-0.4, -0.2) is 18.5 Å². The van der Waals surface area contributed by atoms with Crippen molar-refractivity contribution >= 4 is 5.91 Å². The fourth-order valence-electron chi connectivity index (χ4n) is 2.66. The topological polar surface area (TPSA) is 55.1 Å². The lowest BCUT2D eigenvalue weighted by atomic mass is 10.0. The van der Waals surface area contributed by atoms with Gasteiger partial charge in [0.15, 0.2) is 0 Å². The molecule has 1 amide bonds. The second kappa shape index (κ2) is 4.36. The minimum atomic E-state index is 0.0962. The van der Waals surface area contributed by atoms with E-state index >= 15 is 0 Å². The van der Waals surface area contributed by atoms with Crippen molar-refractivity contribution in [2.24, 2.45) is 22.5 Å². The molecular weight excluding hydrogens is 200 g/mol. The van der Waals surface area contributed by atoms with Gasteiger partial charge in [0.25, 0.3) is 0 Å². The monoisotopic (exact) mass is 226 g/mol.